The monoisotopic (exact) mass is 181 g/mol. The molecule has 0 radical (unpaired) electrons. The molecule has 0 saturated carbocycles. The van der Waals surface area contributed by atoms with Gasteiger partial charge >= 0.3 is 5.97 Å². The van der Waals surface area contributed by atoms with Crippen LogP contribution in [0.5, 0.6) is 0 Å². The van der Waals surface area contributed by atoms with Crippen molar-refractivity contribution in [3.05, 3.63) is 11.6 Å². The van der Waals surface area contributed by atoms with E-state index in [0.29, 0.717) is 13.2 Å². The second kappa shape index (κ2) is 5.33. The zero-order valence-electron chi connectivity index (χ0n) is 7.28. The molecule has 1 saturated heterocycles. The first-order chi connectivity index (χ1) is 6.33. The SMILES string of the molecule is N#CCOC(=O)C=C1CCOCC1. The Balaban J connectivity index is 2.35. The average molecular weight is 181 g/mol. The summed E-state index contributed by atoms with van der Waals surface area (Å²) in [6, 6.07) is 1.74. The van der Waals surface area contributed by atoms with Crippen molar-refractivity contribution in [1.82, 2.24) is 0 Å². The number of esters is 1. The molecule has 4 heteroatoms. The molecule has 1 heterocycles. The van der Waals surface area contributed by atoms with E-state index < -0.39 is 5.97 Å². The third kappa shape index (κ3) is 3.72. The third-order valence-corrected chi connectivity index (χ3v) is 1.74. The number of hydrogen-bond acceptors (Lipinski definition) is 4. The minimum Gasteiger partial charge on any atom is -0.447 e. The molecule has 0 aromatic rings. The van der Waals surface area contributed by atoms with Gasteiger partial charge in [-0.25, -0.2) is 4.79 Å². The lowest BCUT2D eigenvalue weighted by Gasteiger charge is -2.13. The van der Waals surface area contributed by atoms with Gasteiger partial charge < -0.3 is 9.47 Å². The van der Waals surface area contributed by atoms with Crippen LogP contribution in [0.1, 0.15) is 12.8 Å². The molecule has 13 heavy (non-hydrogen) atoms. The Kier molecular flexibility index (Phi) is 4.00. The van der Waals surface area contributed by atoms with Crippen molar-refractivity contribution in [3.63, 3.8) is 0 Å². The minimum atomic E-state index is -0.432. The molecule has 0 amide bonds. The summed E-state index contributed by atoms with van der Waals surface area (Å²) in [5.41, 5.74) is 1.04. The first kappa shape index (κ1) is 9.75. The fraction of sp³-hybridized carbons (Fsp3) is 0.556. The van der Waals surface area contributed by atoms with Crippen molar-refractivity contribution in [2.45, 2.75) is 12.8 Å². The number of nitriles is 1. The highest BCUT2D eigenvalue weighted by Gasteiger charge is 2.07. The molecule has 0 spiro atoms. The predicted octanol–water partition coefficient (Wildman–Crippen LogP) is 0.790. The molecular weight excluding hydrogens is 170 g/mol. The molecule has 70 valence electrons. The quantitative estimate of drug-likeness (QED) is 0.466. The smallest absolute Gasteiger partial charge is 0.331 e. The van der Waals surface area contributed by atoms with E-state index in [1.807, 2.05) is 0 Å². The predicted molar refractivity (Wildman–Crippen MR) is 44.7 cm³/mol. The highest BCUT2D eigenvalue weighted by Crippen LogP contribution is 2.12. The molecule has 0 atom stereocenters. The van der Waals surface area contributed by atoms with Crippen molar-refractivity contribution in [3.8, 4) is 6.07 Å². The Labute approximate surface area is 76.7 Å². The number of hydrogen-bond donors (Lipinski definition) is 0. The maximum atomic E-state index is 11.0. The summed E-state index contributed by atoms with van der Waals surface area (Å²) in [4.78, 5) is 11.0. The Morgan fingerprint density at radius 1 is 1.62 bits per heavy atom. The van der Waals surface area contributed by atoms with Crippen LogP contribution in [0.2, 0.25) is 0 Å². The Morgan fingerprint density at radius 3 is 2.92 bits per heavy atom. The topological polar surface area (TPSA) is 59.3 Å². The number of rotatable bonds is 2. The molecule has 0 aliphatic carbocycles. The van der Waals surface area contributed by atoms with E-state index in [4.69, 9.17) is 10.00 Å². The molecule has 0 aromatic carbocycles. The maximum absolute atomic E-state index is 11.0. The third-order valence-electron chi connectivity index (χ3n) is 1.74. The largest absolute Gasteiger partial charge is 0.447 e. The lowest BCUT2D eigenvalue weighted by Crippen LogP contribution is -2.10. The van der Waals surface area contributed by atoms with Crippen molar-refractivity contribution in [1.29, 1.82) is 5.26 Å². The second-order valence-electron chi connectivity index (χ2n) is 2.68. The molecule has 1 aliphatic heterocycles. The van der Waals surface area contributed by atoms with Gasteiger partial charge in [-0.05, 0) is 12.8 Å². The fourth-order valence-corrected chi connectivity index (χ4v) is 1.09. The average Bonchev–Trinajstić information content (AvgIpc) is 2.16. The lowest BCUT2D eigenvalue weighted by molar-refractivity contribution is -0.136. The van der Waals surface area contributed by atoms with E-state index in [1.165, 1.54) is 6.08 Å². The Hall–Kier alpha value is -1.34. The summed E-state index contributed by atoms with van der Waals surface area (Å²) in [6.45, 7) is 1.15. The zero-order valence-corrected chi connectivity index (χ0v) is 7.28. The summed E-state index contributed by atoms with van der Waals surface area (Å²) in [5.74, 6) is -0.432. The van der Waals surface area contributed by atoms with Crippen LogP contribution in [0.25, 0.3) is 0 Å². The van der Waals surface area contributed by atoms with Gasteiger partial charge in [-0.3, -0.25) is 0 Å². The summed E-state index contributed by atoms with van der Waals surface area (Å²) >= 11 is 0. The van der Waals surface area contributed by atoms with Crippen molar-refractivity contribution in [2.75, 3.05) is 19.8 Å². The zero-order chi connectivity index (χ0) is 9.52. The van der Waals surface area contributed by atoms with Crippen molar-refractivity contribution >= 4 is 5.97 Å². The van der Waals surface area contributed by atoms with Gasteiger partial charge in [0.1, 0.15) is 6.07 Å². The van der Waals surface area contributed by atoms with E-state index in [2.05, 4.69) is 4.74 Å². The molecule has 0 N–H and O–H groups in total. The molecule has 1 aliphatic rings. The van der Waals surface area contributed by atoms with E-state index in [1.54, 1.807) is 6.07 Å². The molecule has 4 nitrogen and oxygen atoms in total. The van der Waals surface area contributed by atoms with Gasteiger partial charge in [0.05, 0.1) is 13.2 Å². The summed E-state index contributed by atoms with van der Waals surface area (Å²) in [6.07, 6.45) is 3.02. The van der Waals surface area contributed by atoms with Crippen LogP contribution in [-0.4, -0.2) is 25.8 Å². The van der Waals surface area contributed by atoms with Gasteiger partial charge in [0.15, 0.2) is 6.61 Å². The normalized spacial score (nSPS) is 16.1. The fourth-order valence-electron chi connectivity index (χ4n) is 1.09. The summed E-state index contributed by atoms with van der Waals surface area (Å²) in [7, 11) is 0. The van der Waals surface area contributed by atoms with Crippen LogP contribution in [0.3, 0.4) is 0 Å². The van der Waals surface area contributed by atoms with Gasteiger partial charge in [0, 0.05) is 6.08 Å². The van der Waals surface area contributed by atoms with Crippen LogP contribution in [0.15, 0.2) is 11.6 Å². The van der Waals surface area contributed by atoms with E-state index in [9.17, 15) is 4.79 Å². The minimum absolute atomic E-state index is 0.181. The Morgan fingerprint density at radius 2 is 2.31 bits per heavy atom. The Bertz CT molecular complexity index is 244. The molecule has 0 unspecified atom stereocenters. The molecule has 0 aromatic heterocycles. The van der Waals surface area contributed by atoms with Crippen LogP contribution < -0.4 is 0 Å². The second-order valence-corrected chi connectivity index (χ2v) is 2.68. The van der Waals surface area contributed by atoms with E-state index >= 15 is 0 Å². The van der Waals surface area contributed by atoms with Crippen LogP contribution >= 0.6 is 0 Å². The molecule has 1 fully saturated rings. The first-order valence-corrected chi connectivity index (χ1v) is 4.14. The van der Waals surface area contributed by atoms with Gasteiger partial charge in [-0.2, -0.15) is 5.26 Å². The highest BCUT2D eigenvalue weighted by atomic mass is 16.5. The van der Waals surface area contributed by atoms with E-state index in [0.717, 1.165) is 18.4 Å². The highest BCUT2D eigenvalue weighted by molar-refractivity contribution is 5.82. The number of carbonyl (C=O) groups excluding carboxylic acids is 1. The molecule has 1 rings (SSSR count). The van der Waals surface area contributed by atoms with Crippen LogP contribution in [0.4, 0.5) is 0 Å². The summed E-state index contributed by atoms with van der Waals surface area (Å²) < 4.78 is 9.69. The lowest BCUT2D eigenvalue weighted by atomic mass is 10.1. The maximum Gasteiger partial charge on any atom is 0.331 e. The van der Waals surface area contributed by atoms with Gasteiger partial charge in [0.2, 0.25) is 0 Å². The van der Waals surface area contributed by atoms with Gasteiger partial charge in [-0.15, -0.1) is 0 Å². The van der Waals surface area contributed by atoms with Crippen molar-refractivity contribution in [2.24, 2.45) is 0 Å². The van der Waals surface area contributed by atoms with Gasteiger partial charge in [0.25, 0.3) is 0 Å². The number of ether oxygens (including phenoxy) is 2. The van der Waals surface area contributed by atoms with E-state index in [-0.39, 0.29) is 6.61 Å². The van der Waals surface area contributed by atoms with Crippen LogP contribution in [0, 0.1) is 11.3 Å². The number of carbonyl (C=O) groups is 1. The van der Waals surface area contributed by atoms with Gasteiger partial charge in [-0.1, -0.05) is 5.57 Å². The summed E-state index contributed by atoms with van der Waals surface area (Å²) in [5, 5.41) is 8.15. The first-order valence-electron chi connectivity index (χ1n) is 4.14. The van der Waals surface area contributed by atoms with Crippen molar-refractivity contribution < 1.29 is 14.3 Å². The molecule has 0 bridgehead atoms. The van der Waals surface area contributed by atoms with Crippen LogP contribution in [-0.2, 0) is 14.3 Å². The standard InChI is InChI=1S/C9H11NO3/c10-3-6-13-9(11)7-8-1-4-12-5-2-8/h7H,1-2,4-6H2. The number of nitrogens with zero attached hydrogens (tertiary/aromatic N) is 1. The molecular formula is C9H11NO3.